The maximum atomic E-state index is 6.42. The van der Waals surface area contributed by atoms with Gasteiger partial charge in [0.05, 0.1) is 17.4 Å². The SMILES string of the molecule is NC(=NC1C2CC3CC(C2)CC1C3)Nc1c(N)cc2c3c(cccc13)CC2. The van der Waals surface area contributed by atoms with Gasteiger partial charge in [-0.3, -0.25) is 0 Å². The summed E-state index contributed by atoms with van der Waals surface area (Å²) in [5.74, 6) is 3.94. The molecule has 2 aromatic rings. The van der Waals surface area contributed by atoms with Gasteiger partial charge in [0.15, 0.2) is 5.96 Å². The van der Waals surface area contributed by atoms with Gasteiger partial charge in [-0.2, -0.15) is 0 Å². The van der Waals surface area contributed by atoms with Gasteiger partial charge in [-0.05, 0) is 91.2 Å². The van der Waals surface area contributed by atoms with Crippen molar-refractivity contribution in [1.82, 2.24) is 0 Å². The number of nitrogen functional groups attached to an aromatic ring is 1. The first-order valence-corrected chi connectivity index (χ1v) is 10.6. The molecule has 0 amide bonds. The van der Waals surface area contributed by atoms with Crippen LogP contribution in [0.15, 0.2) is 29.3 Å². The van der Waals surface area contributed by atoms with Gasteiger partial charge < -0.3 is 16.8 Å². The number of nitrogens with zero attached hydrogens (tertiary/aromatic N) is 1. The summed E-state index contributed by atoms with van der Waals surface area (Å²) in [6, 6.07) is 9.04. The highest BCUT2D eigenvalue weighted by Gasteiger charge is 2.48. The van der Waals surface area contributed by atoms with E-state index in [0.717, 1.165) is 47.9 Å². The van der Waals surface area contributed by atoms with Crippen molar-refractivity contribution in [3.8, 4) is 0 Å². The van der Waals surface area contributed by atoms with Gasteiger partial charge in [0.25, 0.3) is 0 Å². The van der Waals surface area contributed by atoms with Crippen molar-refractivity contribution in [2.45, 2.75) is 51.0 Å². The Labute approximate surface area is 160 Å². The van der Waals surface area contributed by atoms with E-state index in [1.54, 1.807) is 0 Å². The molecule has 0 unspecified atom stereocenters. The van der Waals surface area contributed by atoms with Crippen LogP contribution in [0.25, 0.3) is 10.8 Å². The Kier molecular flexibility index (Phi) is 3.30. The second kappa shape index (κ2) is 5.63. The van der Waals surface area contributed by atoms with E-state index in [-0.39, 0.29) is 0 Å². The van der Waals surface area contributed by atoms with Crippen LogP contribution in [0.4, 0.5) is 11.4 Å². The van der Waals surface area contributed by atoms with Gasteiger partial charge >= 0.3 is 0 Å². The molecule has 0 heterocycles. The third-order valence-electron chi connectivity index (χ3n) is 7.74. The molecule has 4 fully saturated rings. The first-order chi connectivity index (χ1) is 13.2. The zero-order chi connectivity index (χ0) is 18.1. The predicted molar refractivity (Wildman–Crippen MR) is 112 cm³/mol. The van der Waals surface area contributed by atoms with E-state index in [1.165, 1.54) is 54.0 Å². The third kappa shape index (κ3) is 2.38. The fraction of sp³-hybridized carbons (Fsp3) is 0.522. The minimum Gasteiger partial charge on any atom is -0.397 e. The monoisotopic (exact) mass is 360 g/mol. The topological polar surface area (TPSA) is 76.4 Å². The highest BCUT2D eigenvalue weighted by molar-refractivity contribution is 6.09. The molecule has 0 atom stereocenters. The molecule has 2 aromatic carbocycles. The van der Waals surface area contributed by atoms with E-state index in [0.29, 0.717) is 12.0 Å². The van der Waals surface area contributed by atoms with Gasteiger partial charge in [0.2, 0.25) is 0 Å². The summed E-state index contributed by atoms with van der Waals surface area (Å²) < 4.78 is 0. The zero-order valence-corrected chi connectivity index (χ0v) is 15.7. The Balaban J connectivity index is 1.34. The van der Waals surface area contributed by atoms with Gasteiger partial charge in [0, 0.05) is 5.39 Å². The van der Waals surface area contributed by atoms with Crippen molar-refractivity contribution in [1.29, 1.82) is 0 Å². The van der Waals surface area contributed by atoms with Crippen LogP contribution < -0.4 is 16.8 Å². The highest BCUT2D eigenvalue weighted by Crippen LogP contribution is 2.54. The largest absolute Gasteiger partial charge is 0.397 e. The lowest BCUT2D eigenvalue weighted by atomic mass is 9.54. The summed E-state index contributed by atoms with van der Waals surface area (Å²) in [7, 11) is 0. The lowest BCUT2D eigenvalue weighted by Gasteiger charge is -2.53. The van der Waals surface area contributed by atoms with Gasteiger partial charge in [0.1, 0.15) is 0 Å². The molecule has 4 bridgehead atoms. The number of aliphatic imine (C=N–C) groups is 1. The van der Waals surface area contributed by atoms with Crippen LogP contribution in [-0.2, 0) is 12.8 Å². The quantitative estimate of drug-likeness (QED) is 0.429. The van der Waals surface area contributed by atoms with E-state index >= 15 is 0 Å². The number of anilines is 2. The Morgan fingerprint density at radius 1 is 0.963 bits per heavy atom. The fourth-order valence-corrected chi connectivity index (χ4v) is 6.92. The summed E-state index contributed by atoms with van der Waals surface area (Å²) in [6.45, 7) is 0. The molecule has 0 aromatic heterocycles. The number of nitrogens with two attached hydrogens (primary N) is 2. The highest BCUT2D eigenvalue weighted by atomic mass is 15.1. The molecule has 5 aliphatic carbocycles. The number of nitrogens with one attached hydrogen (secondary N) is 1. The Bertz CT molecular complexity index is 932. The van der Waals surface area contributed by atoms with Crippen LogP contribution in [0.1, 0.15) is 43.2 Å². The van der Waals surface area contributed by atoms with E-state index < -0.39 is 0 Å². The third-order valence-corrected chi connectivity index (χ3v) is 7.74. The Morgan fingerprint density at radius 2 is 1.67 bits per heavy atom. The molecule has 0 radical (unpaired) electrons. The minimum atomic E-state index is 0.406. The smallest absolute Gasteiger partial charge is 0.193 e. The summed E-state index contributed by atoms with van der Waals surface area (Å²) >= 11 is 0. The van der Waals surface area contributed by atoms with E-state index in [9.17, 15) is 0 Å². The first kappa shape index (κ1) is 15.8. The van der Waals surface area contributed by atoms with E-state index in [2.05, 4.69) is 29.6 Å². The molecule has 5 N–H and O–H groups in total. The van der Waals surface area contributed by atoms with Crippen LogP contribution in [0, 0.1) is 23.7 Å². The average Bonchev–Trinajstić information content (AvgIpc) is 3.05. The van der Waals surface area contributed by atoms with Crippen molar-refractivity contribution in [2.75, 3.05) is 11.1 Å². The number of guanidine groups is 1. The van der Waals surface area contributed by atoms with Crippen LogP contribution >= 0.6 is 0 Å². The molecule has 5 aliphatic rings. The first-order valence-electron chi connectivity index (χ1n) is 10.6. The lowest BCUT2D eigenvalue weighted by Crippen LogP contribution is -2.48. The normalized spacial score (nSPS) is 33.8. The number of rotatable bonds is 2. The predicted octanol–water partition coefficient (Wildman–Crippen LogP) is 4.07. The maximum absolute atomic E-state index is 6.42. The second-order valence-corrected chi connectivity index (χ2v) is 9.40. The number of hydrogen-bond donors (Lipinski definition) is 3. The average molecular weight is 361 g/mol. The molecule has 27 heavy (non-hydrogen) atoms. The maximum Gasteiger partial charge on any atom is 0.193 e. The minimum absolute atomic E-state index is 0.406. The zero-order valence-electron chi connectivity index (χ0n) is 15.7. The van der Waals surface area contributed by atoms with Crippen molar-refractivity contribution < 1.29 is 0 Å². The Hall–Kier alpha value is -2.23. The summed E-state index contributed by atoms with van der Waals surface area (Å²) in [5.41, 5.74) is 17.3. The Morgan fingerprint density at radius 3 is 2.41 bits per heavy atom. The molecule has 140 valence electrons. The van der Waals surface area contributed by atoms with E-state index in [4.69, 9.17) is 16.5 Å². The molecular formula is C23H28N4. The standard InChI is InChI=1S/C23H28N4/c24-19-11-15-5-4-14-2-1-3-18(20(14)15)22(19)27-23(25)26-21-16-7-12-6-13(9-16)10-17(21)8-12/h1-3,11-13,16-17,21H,4-10,24H2,(H3,25,26,27). The summed E-state index contributed by atoms with van der Waals surface area (Å²) in [5, 5.41) is 5.94. The summed E-state index contributed by atoms with van der Waals surface area (Å²) in [6.07, 6.45) is 9.09. The molecule has 4 nitrogen and oxygen atoms in total. The van der Waals surface area contributed by atoms with Crippen molar-refractivity contribution in [2.24, 2.45) is 34.4 Å². The molecule has 7 rings (SSSR count). The molecule has 0 spiro atoms. The molecular weight excluding hydrogens is 332 g/mol. The van der Waals surface area contributed by atoms with Crippen LogP contribution in [0.3, 0.4) is 0 Å². The second-order valence-electron chi connectivity index (χ2n) is 9.40. The van der Waals surface area contributed by atoms with Crippen LogP contribution in [0.5, 0.6) is 0 Å². The van der Waals surface area contributed by atoms with Gasteiger partial charge in [-0.15, -0.1) is 0 Å². The van der Waals surface area contributed by atoms with Crippen molar-refractivity contribution in [3.63, 3.8) is 0 Å². The van der Waals surface area contributed by atoms with Crippen LogP contribution in [0.2, 0.25) is 0 Å². The lowest BCUT2D eigenvalue weighted by molar-refractivity contribution is 0.00124. The number of aryl methyl sites for hydroxylation is 2. The van der Waals surface area contributed by atoms with Crippen molar-refractivity contribution in [3.05, 3.63) is 35.4 Å². The van der Waals surface area contributed by atoms with E-state index in [1.807, 2.05) is 0 Å². The summed E-state index contributed by atoms with van der Waals surface area (Å²) in [4.78, 5) is 5.01. The number of hydrogen-bond acceptors (Lipinski definition) is 2. The molecule has 4 saturated carbocycles. The molecule has 4 heteroatoms. The van der Waals surface area contributed by atoms with Crippen LogP contribution in [-0.4, -0.2) is 12.0 Å². The van der Waals surface area contributed by atoms with Gasteiger partial charge in [-0.1, -0.05) is 18.2 Å². The van der Waals surface area contributed by atoms with Gasteiger partial charge in [-0.25, -0.2) is 4.99 Å². The van der Waals surface area contributed by atoms with Crippen molar-refractivity contribution >= 4 is 28.1 Å². The number of benzene rings is 2. The molecule has 0 aliphatic heterocycles. The molecule has 0 saturated heterocycles. The fourth-order valence-electron chi connectivity index (χ4n) is 6.92.